The van der Waals surface area contributed by atoms with Crippen LogP contribution in [0.25, 0.3) is 0 Å². The molecule has 21 heavy (non-hydrogen) atoms. The van der Waals surface area contributed by atoms with Crippen molar-refractivity contribution in [3.63, 3.8) is 0 Å². The maximum absolute atomic E-state index is 9.10. The summed E-state index contributed by atoms with van der Waals surface area (Å²) in [4.78, 5) is 4.11. The standard InChI is InChI=1S/C17H22N4/c1-3-6-16(19-4-2)15-8-10-21(13-15)12-14-7-5-9-20-17(14)11-18/h5,7-10,13,16,19H,3-4,6,12H2,1-2H3. The summed E-state index contributed by atoms with van der Waals surface area (Å²) in [6.07, 6.45) is 8.18. The number of hydrogen-bond donors (Lipinski definition) is 1. The van der Waals surface area contributed by atoms with E-state index in [1.54, 1.807) is 6.20 Å². The first-order valence-electron chi connectivity index (χ1n) is 7.51. The maximum Gasteiger partial charge on any atom is 0.145 e. The number of hydrogen-bond acceptors (Lipinski definition) is 3. The molecule has 0 aromatic carbocycles. The highest BCUT2D eigenvalue weighted by atomic mass is 15.0. The molecule has 0 saturated carbocycles. The van der Waals surface area contributed by atoms with E-state index in [1.165, 1.54) is 5.56 Å². The van der Waals surface area contributed by atoms with Crippen LogP contribution in [0.1, 0.15) is 49.6 Å². The van der Waals surface area contributed by atoms with Gasteiger partial charge in [0.1, 0.15) is 11.8 Å². The molecule has 2 aromatic rings. The third kappa shape index (κ3) is 3.93. The predicted molar refractivity (Wildman–Crippen MR) is 83.8 cm³/mol. The van der Waals surface area contributed by atoms with E-state index in [0.717, 1.165) is 24.9 Å². The van der Waals surface area contributed by atoms with Crippen molar-refractivity contribution >= 4 is 0 Å². The number of nitriles is 1. The zero-order valence-corrected chi connectivity index (χ0v) is 12.7. The Bertz CT molecular complexity index is 603. The van der Waals surface area contributed by atoms with E-state index in [4.69, 9.17) is 5.26 Å². The van der Waals surface area contributed by atoms with Gasteiger partial charge in [0.25, 0.3) is 0 Å². The van der Waals surface area contributed by atoms with Crippen LogP contribution in [0.2, 0.25) is 0 Å². The predicted octanol–water partition coefficient (Wildman–Crippen LogP) is 3.25. The lowest BCUT2D eigenvalue weighted by molar-refractivity contribution is 0.508. The van der Waals surface area contributed by atoms with Crippen molar-refractivity contribution in [2.24, 2.45) is 0 Å². The lowest BCUT2D eigenvalue weighted by Gasteiger charge is -2.15. The highest BCUT2D eigenvalue weighted by Gasteiger charge is 2.11. The molecule has 0 fully saturated rings. The molecule has 2 heterocycles. The van der Waals surface area contributed by atoms with E-state index in [1.807, 2.05) is 12.1 Å². The summed E-state index contributed by atoms with van der Waals surface area (Å²) >= 11 is 0. The van der Waals surface area contributed by atoms with Gasteiger partial charge in [0.15, 0.2) is 0 Å². The van der Waals surface area contributed by atoms with Crippen molar-refractivity contribution in [1.82, 2.24) is 14.9 Å². The summed E-state index contributed by atoms with van der Waals surface area (Å²) in [5, 5.41) is 12.6. The lowest BCUT2D eigenvalue weighted by atomic mass is 10.1. The first-order valence-corrected chi connectivity index (χ1v) is 7.51. The van der Waals surface area contributed by atoms with Crippen molar-refractivity contribution in [3.05, 3.63) is 53.6 Å². The van der Waals surface area contributed by atoms with Gasteiger partial charge in [-0.2, -0.15) is 5.26 Å². The highest BCUT2D eigenvalue weighted by Crippen LogP contribution is 2.19. The Morgan fingerprint density at radius 1 is 1.38 bits per heavy atom. The van der Waals surface area contributed by atoms with Gasteiger partial charge >= 0.3 is 0 Å². The molecule has 0 spiro atoms. The smallest absolute Gasteiger partial charge is 0.145 e. The van der Waals surface area contributed by atoms with Gasteiger partial charge < -0.3 is 9.88 Å². The van der Waals surface area contributed by atoms with Crippen molar-refractivity contribution in [2.75, 3.05) is 6.54 Å². The van der Waals surface area contributed by atoms with Gasteiger partial charge in [0.05, 0.1) is 0 Å². The third-order valence-corrected chi connectivity index (χ3v) is 3.55. The minimum atomic E-state index is 0.408. The minimum absolute atomic E-state index is 0.408. The van der Waals surface area contributed by atoms with Crippen LogP contribution in [0.15, 0.2) is 36.8 Å². The van der Waals surface area contributed by atoms with E-state index in [2.05, 4.69) is 53.2 Å². The third-order valence-electron chi connectivity index (χ3n) is 3.55. The molecule has 1 atom stereocenters. The van der Waals surface area contributed by atoms with E-state index in [0.29, 0.717) is 18.3 Å². The molecule has 0 aliphatic rings. The summed E-state index contributed by atoms with van der Waals surface area (Å²) in [6, 6.07) is 8.55. The Morgan fingerprint density at radius 3 is 2.95 bits per heavy atom. The van der Waals surface area contributed by atoms with E-state index >= 15 is 0 Å². The summed E-state index contributed by atoms with van der Waals surface area (Å²) < 4.78 is 2.12. The van der Waals surface area contributed by atoms with Crippen molar-refractivity contribution in [3.8, 4) is 6.07 Å². The second-order valence-electron chi connectivity index (χ2n) is 5.14. The van der Waals surface area contributed by atoms with Gasteiger partial charge in [-0.05, 0) is 30.7 Å². The van der Waals surface area contributed by atoms with Crippen LogP contribution in [0.4, 0.5) is 0 Å². The van der Waals surface area contributed by atoms with Gasteiger partial charge in [-0.1, -0.05) is 26.3 Å². The minimum Gasteiger partial charge on any atom is -0.349 e. The van der Waals surface area contributed by atoms with Gasteiger partial charge in [0.2, 0.25) is 0 Å². The molecule has 1 N–H and O–H groups in total. The van der Waals surface area contributed by atoms with Crippen LogP contribution < -0.4 is 5.32 Å². The summed E-state index contributed by atoms with van der Waals surface area (Å²) in [5.41, 5.74) is 2.77. The molecule has 1 unspecified atom stereocenters. The van der Waals surface area contributed by atoms with Crippen LogP contribution >= 0.6 is 0 Å². The number of nitrogens with one attached hydrogen (secondary N) is 1. The molecular formula is C17H22N4. The van der Waals surface area contributed by atoms with Crippen molar-refractivity contribution in [2.45, 2.75) is 39.3 Å². The first kappa shape index (κ1) is 15.3. The molecule has 4 nitrogen and oxygen atoms in total. The van der Waals surface area contributed by atoms with E-state index in [-0.39, 0.29) is 0 Å². The van der Waals surface area contributed by atoms with Crippen LogP contribution in [0.3, 0.4) is 0 Å². The molecule has 2 rings (SSSR count). The fourth-order valence-electron chi connectivity index (χ4n) is 2.55. The molecule has 0 aliphatic carbocycles. The van der Waals surface area contributed by atoms with Crippen LogP contribution in [-0.2, 0) is 6.54 Å². The normalized spacial score (nSPS) is 12.0. The molecule has 0 bridgehead atoms. The van der Waals surface area contributed by atoms with Crippen LogP contribution in [-0.4, -0.2) is 16.1 Å². The van der Waals surface area contributed by atoms with Crippen molar-refractivity contribution < 1.29 is 0 Å². The lowest BCUT2D eigenvalue weighted by Crippen LogP contribution is -2.20. The second kappa shape index (κ2) is 7.61. The average Bonchev–Trinajstić information content (AvgIpc) is 2.96. The largest absolute Gasteiger partial charge is 0.349 e. The van der Waals surface area contributed by atoms with Gasteiger partial charge in [-0.25, -0.2) is 4.98 Å². The topological polar surface area (TPSA) is 53.6 Å². The van der Waals surface area contributed by atoms with Crippen LogP contribution in [0, 0.1) is 11.3 Å². The highest BCUT2D eigenvalue weighted by molar-refractivity contribution is 5.31. The number of aromatic nitrogens is 2. The summed E-state index contributed by atoms with van der Waals surface area (Å²) in [5.74, 6) is 0. The Labute approximate surface area is 126 Å². The molecule has 0 aliphatic heterocycles. The SMILES string of the molecule is CCCC(NCC)c1ccn(Cc2cccnc2C#N)c1. The number of pyridine rings is 1. The Morgan fingerprint density at radius 2 is 2.24 bits per heavy atom. The van der Waals surface area contributed by atoms with Crippen molar-refractivity contribution in [1.29, 1.82) is 5.26 Å². The first-order chi connectivity index (χ1) is 10.3. The molecule has 0 amide bonds. The van der Waals surface area contributed by atoms with Gasteiger partial charge in [0, 0.05) is 36.7 Å². The monoisotopic (exact) mass is 282 g/mol. The van der Waals surface area contributed by atoms with E-state index < -0.39 is 0 Å². The second-order valence-corrected chi connectivity index (χ2v) is 5.14. The maximum atomic E-state index is 9.10. The summed E-state index contributed by atoms with van der Waals surface area (Å²) in [7, 11) is 0. The summed E-state index contributed by atoms with van der Waals surface area (Å²) in [6.45, 7) is 5.99. The van der Waals surface area contributed by atoms with Gasteiger partial charge in [-0.3, -0.25) is 0 Å². The Hall–Kier alpha value is -2.12. The molecule has 4 heteroatoms. The average molecular weight is 282 g/mol. The molecule has 0 radical (unpaired) electrons. The molecule has 0 saturated heterocycles. The number of nitrogens with zero attached hydrogens (tertiary/aromatic N) is 3. The Balaban J connectivity index is 2.14. The molecular weight excluding hydrogens is 260 g/mol. The fourth-order valence-corrected chi connectivity index (χ4v) is 2.55. The quantitative estimate of drug-likeness (QED) is 0.848. The number of rotatable bonds is 7. The Kier molecular flexibility index (Phi) is 5.53. The molecule has 110 valence electrons. The van der Waals surface area contributed by atoms with E-state index in [9.17, 15) is 0 Å². The van der Waals surface area contributed by atoms with Gasteiger partial charge in [-0.15, -0.1) is 0 Å². The molecule has 2 aromatic heterocycles. The fraction of sp³-hybridized carbons (Fsp3) is 0.412. The van der Waals surface area contributed by atoms with Crippen LogP contribution in [0.5, 0.6) is 0 Å². The zero-order valence-electron chi connectivity index (χ0n) is 12.7. The zero-order chi connectivity index (χ0) is 15.1.